The first kappa shape index (κ1) is 7.96. The second-order valence-electron chi connectivity index (χ2n) is 2.34. The average molecular weight is 188 g/mol. The van der Waals surface area contributed by atoms with Gasteiger partial charge in [0.2, 0.25) is 0 Å². The van der Waals surface area contributed by atoms with E-state index < -0.39 is 11.9 Å². The van der Waals surface area contributed by atoms with Gasteiger partial charge in [-0.3, -0.25) is 4.40 Å². The summed E-state index contributed by atoms with van der Waals surface area (Å²) < 4.78 is 37.9. The third-order valence-electron chi connectivity index (χ3n) is 1.48. The molecule has 0 N–H and O–H groups in total. The maximum Gasteiger partial charge on any atom is 0.437 e. The van der Waals surface area contributed by atoms with Crippen molar-refractivity contribution in [3.63, 3.8) is 0 Å². The second kappa shape index (κ2) is 2.41. The van der Waals surface area contributed by atoms with E-state index in [1.165, 1.54) is 12.5 Å². The highest BCUT2D eigenvalue weighted by atomic mass is 19.4. The minimum Gasteiger partial charge on any atom is -0.286 e. The van der Waals surface area contributed by atoms with Gasteiger partial charge < -0.3 is 0 Å². The maximum atomic E-state index is 12.3. The predicted molar refractivity (Wildman–Crippen MR) is 35.8 cm³/mol. The van der Waals surface area contributed by atoms with Crippen LogP contribution in [0.4, 0.5) is 13.2 Å². The molecule has 0 aliphatic rings. The molecule has 0 atom stereocenters. The first-order valence-electron chi connectivity index (χ1n) is 3.30. The molecule has 68 valence electrons. The maximum absolute atomic E-state index is 12.3. The Morgan fingerprint density at radius 3 is 2.77 bits per heavy atom. The van der Waals surface area contributed by atoms with Crippen LogP contribution in [0.2, 0.25) is 0 Å². The van der Waals surface area contributed by atoms with Crippen LogP contribution >= 0.6 is 0 Å². The van der Waals surface area contributed by atoms with Crippen molar-refractivity contribution in [2.24, 2.45) is 0 Å². The van der Waals surface area contributed by atoms with Crippen molar-refractivity contribution in [2.75, 3.05) is 0 Å². The van der Waals surface area contributed by atoms with E-state index in [9.17, 15) is 13.2 Å². The van der Waals surface area contributed by atoms with Gasteiger partial charge in [0, 0.05) is 12.4 Å². The standard InChI is InChI=1S/C6H3F3N4/c7-6(8,9)4-5-12-11-3-13(5)2-1-10-4/h1-3H. The fraction of sp³-hybridized carbons (Fsp3) is 0.167. The summed E-state index contributed by atoms with van der Waals surface area (Å²) in [4.78, 5) is 3.20. The number of fused-ring (bicyclic) bond motifs is 1. The molecule has 13 heavy (non-hydrogen) atoms. The molecular weight excluding hydrogens is 185 g/mol. The molecule has 2 aromatic heterocycles. The number of nitrogens with zero attached hydrogens (tertiary/aromatic N) is 4. The minimum absolute atomic E-state index is 0.282. The van der Waals surface area contributed by atoms with Crippen LogP contribution in [0.5, 0.6) is 0 Å². The largest absolute Gasteiger partial charge is 0.437 e. The fourth-order valence-corrected chi connectivity index (χ4v) is 0.959. The lowest BCUT2D eigenvalue weighted by atomic mass is 10.4. The van der Waals surface area contributed by atoms with Crippen molar-refractivity contribution in [1.29, 1.82) is 0 Å². The smallest absolute Gasteiger partial charge is 0.286 e. The van der Waals surface area contributed by atoms with Crippen molar-refractivity contribution < 1.29 is 13.2 Å². The van der Waals surface area contributed by atoms with Gasteiger partial charge in [0.25, 0.3) is 0 Å². The molecule has 0 unspecified atom stereocenters. The van der Waals surface area contributed by atoms with Crippen molar-refractivity contribution in [3.05, 3.63) is 24.4 Å². The molecule has 0 aromatic carbocycles. The van der Waals surface area contributed by atoms with Gasteiger partial charge in [0.15, 0.2) is 11.3 Å². The van der Waals surface area contributed by atoms with Gasteiger partial charge in [-0.1, -0.05) is 0 Å². The molecule has 2 aromatic rings. The Bertz CT molecular complexity index is 433. The minimum atomic E-state index is -4.49. The van der Waals surface area contributed by atoms with E-state index in [4.69, 9.17) is 0 Å². The lowest BCUT2D eigenvalue weighted by Gasteiger charge is -2.04. The van der Waals surface area contributed by atoms with Crippen molar-refractivity contribution in [3.8, 4) is 0 Å². The number of alkyl halides is 3. The molecule has 0 aliphatic carbocycles. The zero-order chi connectivity index (χ0) is 9.47. The monoisotopic (exact) mass is 188 g/mol. The summed E-state index contributed by atoms with van der Waals surface area (Å²) in [5.74, 6) is 0. The molecule has 0 saturated heterocycles. The van der Waals surface area contributed by atoms with Crippen molar-refractivity contribution in [1.82, 2.24) is 19.6 Å². The predicted octanol–water partition coefficient (Wildman–Crippen LogP) is 1.14. The molecule has 2 heterocycles. The first-order chi connectivity index (χ1) is 6.09. The third-order valence-corrected chi connectivity index (χ3v) is 1.48. The Kier molecular flexibility index (Phi) is 1.48. The number of rotatable bonds is 0. The Morgan fingerprint density at radius 1 is 1.31 bits per heavy atom. The topological polar surface area (TPSA) is 43.1 Å². The highest BCUT2D eigenvalue weighted by Gasteiger charge is 2.35. The summed E-state index contributed by atoms with van der Waals surface area (Å²) in [7, 11) is 0. The second-order valence-corrected chi connectivity index (χ2v) is 2.34. The zero-order valence-corrected chi connectivity index (χ0v) is 6.15. The Morgan fingerprint density at radius 2 is 2.08 bits per heavy atom. The van der Waals surface area contributed by atoms with Gasteiger partial charge in [-0.05, 0) is 0 Å². The van der Waals surface area contributed by atoms with E-state index in [1.54, 1.807) is 0 Å². The van der Waals surface area contributed by atoms with E-state index in [1.807, 2.05) is 0 Å². The average Bonchev–Trinajstić information content (AvgIpc) is 2.48. The van der Waals surface area contributed by atoms with E-state index in [0.717, 1.165) is 10.6 Å². The van der Waals surface area contributed by atoms with Gasteiger partial charge in [0.1, 0.15) is 6.33 Å². The molecular formula is C6H3F3N4. The van der Waals surface area contributed by atoms with E-state index in [0.29, 0.717) is 0 Å². The Balaban J connectivity index is 2.75. The highest BCUT2D eigenvalue weighted by Crippen LogP contribution is 2.29. The molecule has 0 amide bonds. The van der Waals surface area contributed by atoms with E-state index in [-0.39, 0.29) is 5.65 Å². The van der Waals surface area contributed by atoms with Crippen LogP contribution in [-0.4, -0.2) is 19.6 Å². The first-order valence-corrected chi connectivity index (χ1v) is 3.30. The van der Waals surface area contributed by atoms with Crippen LogP contribution in [0.3, 0.4) is 0 Å². The molecule has 0 saturated carbocycles. The van der Waals surface area contributed by atoms with Crippen LogP contribution in [-0.2, 0) is 6.18 Å². The van der Waals surface area contributed by atoms with E-state index >= 15 is 0 Å². The van der Waals surface area contributed by atoms with Gasteiger partial charge in [0.05, 0.1) is 0 Å². The normalized spacial score (nSPS) is 12.2. The molecule has 0 radical (unpaired) electrons. The molecule has 7 heteroatoms. The summed E-state index contributed by atoms with van der Waals surface area (Å²) in [6.45, 7) is 0. The summed E-state index contributed by atoms with van der Waals surface area (Å²) in [6.07, 6.45) is -0.897. The van der Waals surface area contributed by atoms with Gasteiger partial charge in [-0.15, -0.1) is 10.2 Å². The lowest BCUT2D eigenvalue weighted by Crippen LogP contribution is -2.10. The fourth-order valence-electron chi connectivity index (χ4n) is 0.959. The van der Waals surface area contributed by atoms with Crippen LogP contribution < -0.4 is 0 Å². The molecule has 0 fully saturated rings. The van der Waals surface area contributed by atoms with Gasteiger partial charge in [-0.25, -0.2) is 4.98 Å². The lowest BCUT2D eigenvalue weighted by molar-refractivity contribution is -0.140. The summed E-state index contributed by atoms with van der Waals surface area (Å²) in [5, 5.41) is 6.66. The summed E-state index contributed by atoms with van der Waals surface area (Å²) in [6, 6.07) is 0. The molecule has 0 aliphatic heterocycles. The van der Waals surface area contributed by atoms with Crippen molar-refractivity contribution >= 4 is 5.65 Å². The number of hydrogen-bond acceptors (Lipinski definition) is 3. The quantitative estimate of drug-likeness (QED) is 0.622. The number of hydrogen-bond donors (Lipinski definition) is 0. The molecule has 4 nitrogen and oxygen atoms in total. The SMILES string of the molecule is FC(F)(F)c1nccn2cnnc12. The molecule has 0 bridgehead atoms. The van der Waals surface area contributed by atoms with Crippen LogP contribution in [0, 0.1) is 0 Å². The number of halogens is 3. The summed E-state index contributed by atoms with van der Waals surface area (Å²) >= 11 is 0. The zero-order valence-electron chi connectivity index (χ0n) is 6.15. The molecule has 0 spiro atoms. The van der Waals surface area contributed by atoms with Gasteiger partial charge >= 0.3 is 6.18 Å². The summed E-state index contributed by atoms with van der Waals surface area (Å²) in [5.41, 5.74) is -1.30. The van der Waals surface area contributed by atoms with Gasteiger partial charge in [-0.2, -0.15) is 13.2 Å². The van der Waals surface area contributed by atoms with Crippen LogP contribution in [0.1, 0.15) is 5.69 Å². The molecule has 2 rings (SSSR count). The van der Waals surface area contributed by atoms with Crippen LogP contribution in [0.25, 0.3) is 5.65 Å². The van der Waals surface area contributed by atoms with Crippen molar-refractivity contribution in [2.45, 2.75) is 6.18 Å². The Hall–Kier alpha value is -1.66. The highest BCUT2D eigenvalue weighted by molar-refractivity contribution is 5.43. The number of aromatic nitrogens is 4. The van der Waals surface area contributed by atoms with Crippen LogP contribution in [0.15, 0.2) is 18.7 Å². The van der Waals surface area contributed by atoms with E-state index in [2.05, 4.69) is 15.2 Å². The Labute approximate surface area is 70.0 Å². The third kappa shape index (κ3) is 1.21.